The molecule has 0 bridgehead atoms. The van der Waals surface area contributed by atoms with Gasteiger partial charge in [-0.15, -0.1) is 0 Å². The fraction of sp³-hybridized carbons (Fsp3) is 0.677. The van der Waals surface area contributed by atoms with Crippen LogP contribution in [-0.2, 0) is 9.59 Å². The predicted molar refractivity (Wildman–Crippen MR) is 145 cm³/mol. The van der Waals surface area contributed by atoms with Gasteiger partial charge in [-0.2, -0.15) is 0 Å². The molecule has 2 amide bonds. The van der Waals surface area contributed by atoms with Crippen LogP contribution in [0.25, 0.3) is 0 Å². The van der Waals surface area contributed by atoms with Crippen LogP contribution in [0.5, 0.6) is 0 Å². The Labute approximate surface area is 209 Å². The maximum atomic E-state index is 13.3. The van der Waals surface area contributed by atoms with E-state index in [0.717, 1.165) is 55.2 Å². The van der Waals surface area contributed by atoms with Gasteiger partial charge in [-0.05, 0) is 44.7 Å². The third kappa shape index (κ3) is 9.39. The molecule has 0 fully saturated rings. The molecule has 1 aliphatic heterocycles. The van der Waals surface area contributed by atoms with Crippen molar-refractivity contribution in [3.05, 3.63) is 41.0 Å². The Morgan fingerprint density at radius 3 is 1.26 bits per heavy atom. The first-order valence-electron chi connectivity index (χ1n) is 14.3. The van der Waals surface area contributed by atoms with Crippen molar-refractivity contribution < 1.29 is 9.59 Å². The summed E-state index contributed by atoms with van der Waals surface area (Å²) in [4.78, 5) is 28.1. The van der Waals surface area contributed by atoms with Gasteiger partial charge in [0.15, 0.2) is 0 Å². The van der Waals surface area contributed by atoms with Gasteiger partial charge in [0.1, 0.15) is 0 Å². The van der Waals surface area contributed by atoms with E-state index in [0.29, 0.717) is 5.69 Å². The third-order valence-corrected chi connectivity index (χ3v) is 7.14. The lowest BCUT2D eigenvalue weighted by Crippen LogP contribution is -2.31. The highest BCUT2D eigenvalue weighted by Gasteiger charge is 2.38. The number of anilines is 1. The zero-order chi connectivity index (χ0) is 24.6. The minimum absolute atomic E-state index is 0.0774. The summed E-state index contributed by atoms with van der Waals surface area (Å²) in [5.41, 5.74) is 3.42. The summed E-state index contributed by atoms with van der Waals surface area (Å²) in [6, 6.07) is 7.76. The highest BCUT2D eigenvalue weighted by molar-refractivity contribution is 6.32. The molecular formula is C31H49NO2. The highest BCUT2D eigenvalue weighted by atomic mass is 16.2. The highest BCUT2D eigenvalue weighted by Crippen LogP contribution is 2.33. The summed E-state index contributed by atoms with van der Waals surface area (Å²) in [6.07, 6.45) is 21.4. The molecule has 0 aromatic heterocycles. The first kappa shape index (κ1) is 28.3. The van der Waals surface area contributed by atoms with Crippen molar-refractivity contribution in [2.24, 2.45) is 0 Å². The minimum atomic E-state index is -0.0774. The normalized spacial score (nSPS) is 14.0. The Kier molecular flexibility index (Phi) is 13.9. The van der Waals surface area contributed by atoms with Crippen molar-refractivity contribution in [1.29, 1.82) is 0 Å². The maximum Gasteiger partial charge on any atom is 0.261 e. The molecular weight excluding hydrogens is 418 g/mol. The number of carbonyl (C=O) groups excluding carboxylic acids is 2. The van der Waals surface area contributed by atoms with Crippen LogP contribution < -0.4 is 4.90 Å². The van der Waals surface area contributed by atoms with Crippen molar-refractivity contribution in [3.8, 4) is 0 Å². The van der Waals surface area contributed by atoms with Gasteiger partial charge in [-0.3, -0.25) is 9.59 Å². The SMILES string of the molecule is CCCCCCCCCCC1=C(CCCCCCCCCC)C(=O)N(c2ccc(C)cc2)C1=O. The standard InChI is InChI=1S/C31H49NO2/c1-4-6-8-10-12-14-16-18-20-28-29(21-19-17-15-13-11-9-7-5-2)31(34)32(30(28)33)27-24-22-26(3)23-25-27/h22-25H,4-21H2,1-3H3. The molecule has 0 unspecified atom stereocenters. The van der Waals surface area contributed by atoms with E-state index in [2.05, 4.69) is 13.8 Å². The number of unbranched alkanes of at least 4 members (excludes halogenated alkanes) is 14. The number of amides is 2. The van der Waals surface area contributed by atoms with Gasteiger partial charge in [-0.25, -0.2) is 4.90 Å². The van der Waals surface area contributed by atoms with Crippen LogP contribution in [-0.4, -0.2) is 11.8 Å². The van der Waals surface area contributed by atoms with E-state index in [1.165, 1.54) is 81.9 Å². The number of nitrogens with zero attached hydrogens (tertiary/aromatic N) is 1. The van der Waals surface area contributed by atoms with Gasteiger partial charge in [0.2, 0.25) is 0 Å². The van der Waals surface area contributed by atoms with E-state index < -0.39 is 0 Å². The molecule has 0 aliphatic carbocycles. The van der Waals surface area contributed by atoms with Crippen molar-refractivity contribution in [2.75, 3.05) is 4.90 Å². The summed E-state index contributed by atoms with van der Waals surface area (Å²) in [6.45, 7) is 6.52. The fourth-order valence-electron chi connectivity index (χ4n) is 4.94. The Bertz CT molecular complexity index is 720. The number of hydrogen-bond acceptors (Lipinski definition) is 2. The van der Waals surface area contributed by atoms with Gasteiger partial charge in [0.05, 0.1) is 5.69 Å². The van der Waals surface area contributed by atoms with E-state index in [-0.39, 0.29) is 11.8 Å². The largest absolute Gasteiger partial charge is 0.269 e. The molecule has 3 heteroatoms. The molecule has 0 saturated carbocycles. The molecule has 0 atom stereocenters. The molecule has 3 nitrogen and oxygen atoms in total. The molecule has 1 aromatic rings. The summed E-state index contributed by atoms with van der Waals surface area (Å²) >= 11 is 0. The molecule has 0 saturated heterocycles. The lowest BCUT2D eigenvalue weighted by molar-refractivity contribution is -0.120. The lowest BCUT2D eigenvalue weighted by Gasteiger charge is -2.15. The average molecular weight is 468 g/mol. The van der Waals surface area contributed by atoms with E-state index in [4.69, 9.17) is 0 Å². The Morgan fingerprint density at radius 2 is 0.882 bits per heavy atom. The quantitative estimate of drug-likeness (QED) is 0.150. The van der Waals surface area contributed by atoms with Gasteiger partial charge >= 0.3 is 0 Å². The van der Waals surface area contributed by atoms with Crippen molar-refractivity contribution in [1.82, 2.24) is 0 Å². The number of benzene rings is 1. The number of hydrogen-bond donors (Lipinski definition) is 0. The predicted octanol–water partition coefficient (Wildman–Crippen LogP) is 9.23. The molecule has 0 spiro atoms. The molecule has 190 valence electrons. The van der Waals surface area contributed by atoms with Crippen LogP contribution >= 0.6 is 0 Å². The van der Waals surface area contributed by atoms with E-state index in [1.54, 1.807) is 0 Å². The van der Waals surface area contributed by atoms with Crippen LogP contribution in [0, 0.1) is 6.92 Å². The average Bonchev–Trinajstić information content (AvgIpc) is 3.07. The van der Waals surface area contributed by atoms with Gasteiger partial charge in [0, 0.05) is 11.1 Å². The van der Waals surface area contributed by atoms with Gasteiger partial charge in [-0.1, -0.05) is 121 Å². The summed E-state index contributed by atoms with van der Waals surface area (Å²) < 4.78 is 0. The Hall–Kier alpha value is -1.90. The number of carbonyl (C=O) groups is 2. The molecule has 0 radical (unpaired) electrons. The second-order valence-corrected chi connectivity index (χ2v) is 10.2. The molecule has 34 heavy (non-hydrogen) atoms. The maximum absolute atomic E-state index is 13.3. The monoisotopic (exact) mass is 467 g/mol. The van der Waals surface area contributed by atoms with Crippen LogP contribution in [0.1, 0.15) is 135 Å². The molecule has 1 heterocycles. The third-order valence-electron chi connectivity index (χ3n) is 7.14. The molecule has 0 N–H and O–H groups in total. The van der Waals surface area contributed by atoms with E-state index >= 15 is 0 Å². The second-order valence-electron chi connectivity index (χ2n) is 10.2. The summed E-state index contributed by atoms with van der Waals surface area (Å²) in [5.74, 6) is -0.155. The zero-order valence-electron chi connectivity index (χ0n) is 22.3. The topological polar surface area (TPSA) is 37.4 Å². The Balaban J connectivity index is 1.91. The summed E-state index contributed by atoms with van der Waals surface area (Å²) in [5, 5.41) is 0. The smallest absolute Gasteiger partial charge is 0.261 e. The van der Waals surface area contributed by atoms with E-state index in [9.17, 15) is 9.59 Å². The number of imide groups is 1. The fourth-order valence-corrected chi connectivity index (χ4v) is 4.94. The molecule has 2 rings (SSSR count). The first-order chi connectivity index (χ1) is 16.6. The van der Waals surface area contributed by atoms with Crippen LogP contribution in [0.15, 0.2) is 35.4 Å². The van der Waals surface area contributed by atoms with Gasteiger partial charge in [0.25, 0.3) is 11.8 Å². The van der Waals surface area contributed by atoms with Crippen molar-refractivity contribution >= 4 is 17.5 Å². The van der Waals surface area contributed by atoms with Crippen LogP contribution in [0.2, 0.25) is 0 Å². The van der Waals surface area contributed by atoms with Crippen molar-refractivity contribution in [2.45, 2.75) is 136 Å². The second kappa shape index (κ2) is 16.7. The zero-order valence-corrected chi connectivity index (χ0v) is 22.3. The van der Waals surface area contributed by atoms with Crippen LogP contribution in [0.3, 0.4) is 0 Å². The van der Waals surface area contributed by atoms with Crippen LogP contribution in [0.4, 0.5) is 5.69 Å². The van der Waals surface area contributed by atoms with E-state index in [1.807, 2.05) is 31.2 Å². The minimum Gasteiger partial charge on any atom is -0.269 e. The van der Waals surface area contributed by atoms with Crippen molar-refractivity contribution in [3.63, 3.8) is 0 Å². The van der Waals surface area contributed by atoms with Gasteiger partial charge < -0.3 is 0 Å². The lowest BCUT2D eigenvalue weighted by atomic mass is 9.97. The summed E-state index contributed by atoms with van der Waals surface area (Å²) in [7, 11) is 0. The molecule has 1 aromatic carbocycles. The molecule has 1 aliphatic rings. The number of aryl methyl sites for hydroxylation is 1. The Morgan fingerprint density at radius 1 is 0.529 bits per heavy atom. The first-order valence-corrected chi connectivity index (χ1v) is 14.3. The number of rotatable bonds is 19.